The van der Waals surface area contributed by atoms with Gasteiger partial charge in [-0.25, -0.2) is 9.97 Å². The maximum Gasteiger partial charge on any atom is 0.225 e. The Morgan fingerprint density at radius 1 is 1.06 bits per heavy atom. The normalized spacial score (nSPS) is 17.2. The first-order chi connectivity index (χ1) is 8.04. The van der Waals surface area contributed by atoms with Gasteiger partial charge in [-0.1, -0.05) is 19.6 Å². The van der Waals surface area contributed by atoms with Crippen molar-refractivity contribution in [1.29, 1.82) is 0 Å². The van der Waals surface area contributed by atoms with E-state index in [1.165, 1.54) is 30.9 Å². The molecular weight excluding hydrogens is 226 g/mol. The third kappa shape index (κ3) is 3.80. The van der Waals surface area contributed by atoms with E-state index >= 15 is 0 Å². The Labute approximate surface area is 105 Å². The lowest BCUT2D eigenvalue weighted by molar-refractivity contribution is 0.568. The molecule has 3 nitrogen and oxygen atoms in total. The van der Waals surface area contributed by atoms with Gasteiger partial charge in [0.15, 0.2) is 0 Å². The van der Waals surface area contributed by atoms with Crippen LogP contribution in [0.2, 0.25) is 19.6 Å². The molecule has 1 saturated heterocycles. The monoisotopic (exact) mass is 249 g/mol. The molecule has 2 rings (SSSR count). The Balaban J connectivity index is 2.02. The van der Waals surface area contributed by atoms with Crippen molar-refractivity contribution >= 4 is 14.0 Å². The second kappa shape index (κ2) is 5.17. The van der Waals surface area contributed by atoms with E-state index in [-0.39, 0.29) is 0 Å². The van der Waals surface area contributed by atoms with Crippen LogP contribution in [-0.4, -0.2) is 31.1 Å². The van der Waals surface area contributed by atoms with Crippen molar-refractivity contribution in [3.8, 4) is 0 Å². The van der Waals surface area contributed by atoms with Gasteiger partial charge in [0.05, 0.1) is 0 Å². The standard InChI is InChI=1S/C13H23N3Si/c1-17(2,3)11-12-9-14-13(15-10-12)16-7-5-4-6-8-16/h9-10H,4-8,11H2,1-3H3. The number of rotatable bonds is 3. The van der Waals surface area contributed by atoms with Crippen LogP contribution in [0.15, 0.2) is 12.4 Å². The van der Waals surface area contributed by atoms with Crippen LogP contribution in [0.25, 0.3) is 0 Å². The highest BCUT2D eigenvalue weighted by atomic mass is 28.3. The molecule has 1 aromatic heterocycles. The van der Waals surface area contributed by atoms with Crippen LogP contribution < -0.4 is 4.90 Å². The van der Waals surface area contributed by atoms with Gasteiger partial charge >= 0.3 is 0 Å². The van der Waals surface area contributed by atoms with E-state index in [2.05, 4.69) is 34.5 Å². The van der Waals surface area contributed by atoms with Gasteiger partial charge in [-0.15, -0.1) is 0 Å². The third-order valence-electron chi connectivity index (χ3n) is 3.07. The summed E-state index contributed by atoms with van der Waals surface area (Å²) in [6.45, 7) is 9.38. The molecule has 1 aliphatic heterocycles. The Morgan fingerprint density at radius 3 is 2.18 bits per heavy atom. The summed E-state index contributed by atoms with van der Waals surface area (Å²) in [5.41, 5.74) is 1.30. The van der Waals surface area contributed by atoms with Crippen LogP contribution >= 0.6 is 0 Å². The molecule has 0 atom stereocenters. The molecule has 0 bridgehead atoms. The Morgan fingerprint density at radius 2 is 1.65 bits per heavy atom. The molecule has 1 fully saturated rings. The summed E-state index contributed by atoms with van der Waals surface area (Å²) in [5, 5.41) is 0. The molecule has 0 aromatic carbocycles. The van der Waals surface area contributed by atoms with E-state index in [9.17, 15) is 0 Å². The quantitative estimate of drug-likeness (QED) is 0.771. The number of anilines is 1. The highest BCUT2D eigenvalue weighted by Crippen LogP contribution is 2.16. The van der Waals surface area contributed by atoms with Gasteiger partial charge in [0, 0.05) is 33.6 Å². The van der Waals surface area contributed by atoms with E-state index in [0.29, 0.717) is 0 Å². The highest BCUT2D eigenvalue weighted by molar-refractivity contribution is 6.75. The Kier molecular flexibility index (Phi) is 3.81. The first kappa shape index (κ1) is 12.6. The lowest BCUT2D eigenvalue weighted by Crippen LogP contribution is -2.31. The SMILES string of the molecule is C[Si](C)(C)Cc1cnc(N2CCCCC2)nc1. The fraction of sp³-hybridized carbons (Fsp3) is 0.692. The van der Waals surface area contributed by atoms with E-state index in [0.717, 1.165) is 19.0 Å². The van der Waals surface area contributed by atoms with Gasteiger partial charge in [-0.05, 0) is 30.9 Å². The summed E-state index contributed by atoms with van der Waals surface area (Å²) < 4.78 is 0. The zero-order valence-corrected chi connectivity index (χ0v) is 12.2. The van der Waals surface area contributed by atoms with Crippen molar-refractivity contribution in [3.05, 3.63) is 18.0 Å². The number of hydrogen-bond donors (Lipinski definition) is 0. The highest BCUT2D eigenvalue weighted by Gasteiger charge is 2.16. The molecule has 0 radical (unpaired) electrons. The number of piperidine rings is 1. The average molecular weight is 249 g/mol. The number of hydrogen-bond acceptors (Lipinski definition) is 3. The third-order valence-corrected chi connectivity index (χ3v) is 4.53. The second-order valence-electron chi connectivity index (χ2n) is 6.18. The smallest absolute Gasteiger partial charge is 0.225 e. The van der Waals surface area contributed by atoms with Crippen molar-refractivity contribution < 1.29 is 0 Å². The maximum atomic E-state index is 4.52. The molecule has 0 unspecified atom stereocenters. The van der Waals surface area contributed by atoms with Crippen molar-refractivity contribution in [2.24, 2.45) is 0 Å². The van der Waals surface area contributed by atoms with E-state index in [1.807, 2.05) is 12.4 Å². The lowest BCUT2D eigenvalue weighted by Gasteiger charge is -2.26. The van der Waals surface area contributed by atoms with Gasteiger partial charge in [-0.3, -0.25) is 0 Å². The van der Waals surface area contributed by atoms with Crippen LogP contribution in [0.5, 0.6) is 0 Å². The molecule has 17 heavy (non-hydrogen) atoms. The summed E-state index contributed by atoms with van der Waals surface area (Å²) in [7, 11) is -1.05. The predicted molar refractivity (Wildman–Crippen MR) is 75.1 cm³/mol. The minimum Gasteiger partial charge on any atom is -0.341 e. The fourth-order valence-corrected chi connectivity index (χ4v) is 3.72. The van der Waals surface area contributed by atoms with Crippen molar-refractivity contribution in [2.45, 2.75) is 44.9 Å². The van der Waals surface area contributed by atoms with Gasteiger partial charge in [0.25, 0.3) is 0 Å². The minimum absolute atomic E-state index is 0.920. The van der Waals surface area contributed by atoms with Crippen LogP contribution in [0.1, 0.15) is 24.8 Å². The zero-order chi connectivity index (χ0) is 12.3. The second-order valence-corrected chi connectivity index (χ2v) is 11.7. The molecule has 1 aromatic rings. The largest absolute Gasteiger partial charge is 0.341 e. The Bertz CT molecular complexity index is 350. The molecule has 0 spiro atoms. The van der Waals surface area contributed by atoms with E-state index in [1.54, 1.807) is 0 Å². The van der Waals surface area contributed by atoms with Gasteiger partial charge in [0.1, 0.15) is 0 Å². The molecule has 1 aliphatic rings. The molecule has 0 N–H and O–H groups in total. The molecule has 4 heteroatoms. The van der Waals surface area contributed by atoms with Gasteiger partial charge in [-0.2, -0.15) is 0 Å². The lowest BCUT2D eigenvalue weighted by atomic mass is 10.1. The molecule has 0 aliphatic carbocycles. The van der Waals surface area contributed by atoms with Gasteiger partial charge < -0.3 is 4.90 Å². The topological polar surface area (TPSA) is 29.0 Å². The molecule has 2 heterocycles. The summed E-state index contributed by atoms with van der Waals surface area (Å²) in [5.74, 6) is 0.920. The minimum atomic E-state index is -1.05. The molecule has 94 valence electrons. The van der Waals surface area contributed by atoms with E-state index in [4.69, 9.17) is 0 Å². The summed E-state index contributed by atoms with van der Waals surface area (Å²) in [6.07, 6.45) is 7.95. The van der Waals surface area contributed by atoms with Crippen LogP contribution in [-0.2, 0) is 6.04 Å². The van der Waals surface area contributed by atoms with Crippen molar-refractivity contribution in [3.63, 3.8) is 0 Å². The van der Waals surface area contributed by atoms with Crippen LogP contribution in [0.4, 0.5) is 5.95 Å². The maximum absolute atomic E-state index is 4.52. The average Bonchev–Trinajstić information content (AvgIpc) is 2.29. The van der Waals surface area contributed by atoms with Crippen LogP contribution in [0, 0.1) is 0 Å². The van der Waals surface area contributed by atoms with Crippen LogP contribution in [0.3, 0.4) is 0 Å². The van der Waals surface area contributed by atoms with E-state index < -0.39 is 8.07 Å². The molecule has 0 saturated carbocycles. The fourth-order valence-electron chi connectivity index (χ4n) is 2.31. The zero-order valence-electron chi connectivity index (χ0n) is 11.2. The van der Waals surface area contributed by atoms with Crippen molar-refractivity contribution in [2.75, 3.05) is 18.0 Å². The molecule has 0 amide bonds. The molecular formula is C13H23N3Si. The predicted octanol–water partition coefficient (Wildman–Crippen LogP) is 2.89. The number of nitrogens with zero attached hydrogens (tertiary/aromatic N) is 3. The number of aromatic nitrogens is 2. The Hall–Kier alpha value is -0.903. The summed E-state index contributed by atoms with van der Waals surface area (Å²) in [6, 6.07) is 1.17. The summed E-state index contributed by atoms with van der Waals surface area (Å²) in [4.78, 5) is 11.4. The summed E-state index contributed by atoms with van der Waals surface area (Å²) >= 11 is 0. The van der Waals surface area contributed by atoms with Crippen molar-refractivity contribution in [1.82, 2.24) is 9.97 Å². The first-order valence-corrected chi connectivity index (χ1v) is 10.3. The van der Waals surface area contributed by atoms with Gasteiger partial charge in [0.2, 0.25) is 5.95 Å². The first-order valence-electron chi connectivity index (χ1n) is 6.60.